The van der Waals surface area contributed by atoms with Crippen LogP contribution >= 0.6 is 23.2 Å². The molecule has 5 nitrogen and oxygen atoms in total. The summed E-state index contributed by atoms with van der Waals surface area (Å²) in [5, 5.41) is 3.49. The van der Waals surface area contributed by atoms with Crippen molar-refractivity contribution in [2.24, 2.45) is 0 Å². The van der Waals surface area contributed by atoms with Crippen LogP contribution in [0.5, 0.6) is 0 Å². The molecule has 2 heterocycles. The van der Waals surface area contributed by atoms with E-state index in [4.69, 9.17) is 23.2 Å². The smallest absolute Gasteiger partial charge is 0.258 e. The van der Waals surface area contributed by atoms with Crippen molar-refractivity contribution in [2.45, 2.75) is 38.6 Å². The Balaban J connectivity index is 1.74. The molecule has 1 aromatic heterocycles. The van der Waals surface area contributed by atoms with Crippen LogP contribution in [0.1, 0.15) is 43.0 Å². The SMILES string of the molecule is CCC1CCCCN1c1ncc(C(=O)Nc2c(Cl)cccc2Cl)cn1. The summed E-state index contributed by atoms with van der Waals surface area (Å²) in [5.74, 6) is 0.339. The van der Waals surface area contributed by atoms with E-state index in [-0.39, 0.29) is 5.91 Å². The Morgan fingerprint density at radius 2 is 1.92 bits per heavy atom. The summed E-state index contributed by atoms with van der Waals surface area (Å²) in [7, 11) is 0. The van der Waals surface area contributed by atoms with Crippen LogP contribution in [-0.2, 0) is 0 Å². The van der Waals surface area contributed by atoms with E-state index >= 15 is 0 Å². The van der Waals surface area contributed by atoms with Crippen molar-refractivity contribution in [1.29, 1.82) is 0 Å². The number of hydrogen-bond donors (Lipinski definition) is 1. The van der Waals surface area contributed by atoms with Gasteiger partial charge in [0.2, 0.25) is 5.95 Å². The van der Waals surface area contributed by atoms with Gasteiger partial charge in [0, 0.05) is 25.0 Å². The number of nitrogens with zero attached hydrogens (tertiary/aromatic N) is 3. The van der Waals surface area contributed by atoms with Gasteiger partial charge < -0.3 is 10.2 Å². The number of hydrogen-bond acceptors (Lipinski definition) is 4. The molecule has 7 heteroatoms. The molecule has 1 amide bonds. The molecule has 2 aromatic rings. The lowest BCUT2D eigenvalue weighted by Gasteiger charge is -2.35. The quantitative estimate of drug-likeness (QED) is 0.829. The van der Waals surface area contributed by atoms with Crippen LogP contribution in [0.4, 0.5) is 11.6 Å². The summed E-state index contributed by atoms with van der Waals surface area (Å²) in [4.78, 5) is 23.4. The molecule has 1 N–H and O–H groups in total. The van der Waals surface area contributed by atoms with E-state index in [1.54, 1.807) is 30.6 Å². The molecule has 1 atom stereocenters. The number of piperidine rings is 1. The first-order valence-electron chi connectivity index (χ1n) is 8.44. The molecular formula is C18H20Cl2N4O. The normalized spacial score (nSPS) is 17.4. The van der Waals surface area contributed by atoms with E-state index in [1.807, 2.05) is 0 Å². The number of amides is 1. The van der Waals surface area contributed by atoms with Crippen molar-refractivity contribution in [2.75, 3.05) is 16.8 Å². The number of carbonyl (C=O) groups excluding carboxylic acids is 1. The number of carbonyl (C=O) groups is 1. The van der Waals surface area contributed by atoms with Gasteiger partial charge in [-0.3, -0.25) is 4.79 Å². The summed E-state index contributed by atoms with van der Waals surface area (Å²) in [6.07, 6.45) is 7.71. The third-order valence-electron chi connectivity index (χ3n) is 4.46. The zero-order chi connectivity index (χ0) is 17.8. The van der Waals surface area contributed by atoms with Gasteiger partial charge >= 0.3 is 0 Å². The Morgan fingerprint density at radius 1 is 1.24 bits per heavy atom. The van der Waals surface area contributed by atoms with Gasteiger partial charge in [-0.25, -0.2) is 9.97 Å². The van der Waals surface area contributed by atoms with Crippen molar-refractivity contribution in [3.05, 3.63) is 46.2 Å². The average Bonchev–Trinajstić information content (AvgIpc) is 2.65. The maximum atomic E-state index is 12.4. The van der Waals surface area contributed by atoms with Crippen LogP contribution in [0.2, 0.25) is 10.0 Å². The predicted molar refractivity (Wildman–Crippen MR) is 102 cm³/mol. The highest BCUT2D eigenvalue weighted by atomic mass is 35.5. The molecule has 0 radical (unpaired) electrons. The summed E-state index contributed by atoms with van der Waals surface area (Å²) < 4.78 is 0. The molecule has 0 bridgehead atoms. The first kappa shape index (κ1) is 18.0. The number of para-hydroxylation sites is 1. The second-order valence-corrected chi connectivity index (χ2v) is 6.89. The van der Waals surface area contributed by atoms with Crippen LogP contribution < -0.4 is 10.2 Å². The molecule has 3 rings (SSSR count). The number of halogens is 2. The summed E-state index contributed by atoms with van der Waals surface area (Å²) >= 11 is 12.2. The van der Waals surface area contributed by atoms with E-state index in [9.17, 15) is 4.79 Å². The fourth-order valence-corrected chi connectivity index (χ4v) is 3.57. The van der Waals surface area contributed by atoms with Gasteiger partial charge in [0.1, 0.15) is 0 Å². The van der Waals surface area contributed by atoms with Crippen LogP contribution in [0.3, 0.4) is 0 Å². The molecule has 1 fully saturated rings. The second kappa shape index (κ2) is 8.02. The van der Waals surface area contributed by atoms with Gasteiger partial charge in [0.15, 0.2) is 0 Å². The number of nitrogens with one attached hydrogen (secondary N) is 1. The summed E-state index contributed by atoms with van der Waals surface area (Å²) in [6.45, 7) is 3.14. The lowest BCUT2D eigenvalue weighted by molar-refractivity contribution is 0.102. The minimum atomic E-state index is -0.341. The van der Waals surface area contributed by atoms with Crippen molar-refractivity contribution < 1.29 is 4.79 Å². The molecule has 0 saturated carbocycles. The highest BCUT2D eigenvalue weighted by molar-refractivity contribution is 6.40. The third kappa shape index (κ3) is 4.05. The summed E-state index contributed by atoms with van der Waals surface area (Å²) in [6, 6.07) is 5.53. The van der Waals surface area contributed by atoms with Crippen LogP contribution in [-0.4, -0.2) is 28.5 Å². The van der Waals surface area contributed by atoms with Gasteiger partial charge in [0.05, 0.1) is 21.3 Å². The average molecular weight is 379 g/mol. The lowest BCUT2D eigenvalue weighted by Crippen LogP contribution is -2.40. The number of aromatic nitrogens is 2. The fourth-order valence-electron chi connectivity index (χ4n) is 3.08. The Kier molecular flexibility index (Phi) is 5.76. The van der Waals surface area contributed by atoms with E-state index in [2.05, 4.69) is 27.1 Å². The monoisotopic (exact) mass is 378 g/mol. The van der Waals surface area contributed by atoms with Crippen LogP contribution in [0.15, 0.2) is 30.6 Å². The number of anilines is 2. The minimum Gasteiger partial charge on any atom is -0.338 e. The molecule has 0 spiro atoms. The number of benzene rings is 1. The molecule has 1 saturated heterocycles. The van der Waals surface area contributed by atoms with Crippen molar-refractivity contribution in [3.63, 3.8) is 0 Å². The Labute approximate surface area is 157 Å². The van der Waals surface area contributed by atoms with Gasteiger partial charge in [-0.2, -0.15) is 0 Å². The van der Waals surface area contributed by atoms with Gasteiger partial charge in [0.25, 0.3) is 5.91 Å². The topological polar surface area (TPSA) is 58.1 Å². The predicted octanol–water partition coefficient (Wildman–Crippen LogP) is 4.80. The highest BCUT2D eigenvalue weighted by Gasteiger charge is 2.23. The fraction of sp³-hybridized carbons (Fsp3) is 0.389. The molecular weight excluding hydrogens is 359 g/mol. The first-order chi connectivity index (χ1) is 12.1. The number of rotatable bonds is 4. The molecule has 1 aliphatic rings. The summed E-state index contributed by atoms with van der Waals surface area (Å²) in [5.41, 5.74) is 0.756. The van der Waals surface area contributed by atoms with E-state index < -0.39 is 0 Å². The molecule has 0 aliphatic carbocycles. The van der Waals surface area contributed by atoms with Crippen molar-refractivity contribution >= 4 is 40.7 Å². The van der Waals surface area contributed by atoms with E-state index in [1.165, 1.54) is 6.42 Å². The molecule has 25 heavy (non-hydrogen) atoms. The van der Waals surface area contributed by atoms with E-state index in [0.29, 0.717) is 33.3 Å². The maximum Gasteiger partial charge on any atom is 0.258 e. The van der Waals surface area contributed by atoms with Gasteiger partial charge in [-0.1, -0.05) is 36.2 Å². The van der Waals surface area contributed by atoms with Gasteiger partial charge in [-0.15, -0.1) is 0 Å². The van der Waals surface area contributed by atoms with Crippen molar-refractivity contribution in [1.82, 2.24) is 9.97 Å². The van der Waals surface area contributed by atoms with Crippen LogP contribution in [0.25, 0.3) is 0 Å². The molecule has 1 unspecified atom stereocenters. The Bertz CT molecular complexity index is 731. The second-order valence-electron chi connectivity index (χ2n) is 6.07. The van der Waals surface area contributed by atoms with E-state index in [0.717, 1.165) is 25.8 Å². The standard InChI is InChI=1S/C18H20Cl2N4O/c1-2-13-6-3-4-9-24(13)18-21-10-12(11-22-18)17(25)23-16-14(19)7-5-8-15(16)20/h5,7-8,10-11,13H,2-4,6,9H2,1H3,(H,23,25). The molecule has 1 aliphatic heterocycles. The third-order valence-corrected chi connectivity index (χ3v) is 5.09. The maximum absolute atomic E-state index is 12.4. The zero-order valence-corrected chi connectivity index (χ0v) is 15.5. The lowest BCUT2D eigenvalue weighted by atomic mass is 10.0. The Hall–Kier alpha value is -1.85. The molecule has 132 valence electrons. The largest absolute Gasteiger partial charge is 0.338 e. The molecule has 1 aromatic carbocycles. The van der Waals surface area contributed by atoms with Crippen molar-refractivity contribution in [3.8, 4) is 0 Å². The van der Waals surface area contributed by atoms with Gasteiger partial charge in [-0.05, 0) is 37.8 Å². The highest BCUT2D eigenvalue weighted by Crippen LogP contribution is 2.30. The zero-order valence-electron chi connectivity index (χ0n) is 14.0. The minimum absolute atomic E-state index is 0.341. The first-order valence-corrected chi connectivity index (χ1v) is 9.19. The van der Waals surface area contributed by atoms with Crippen LogP contribution in [0, 0.1) is 0 Å². The Morgan fingerprint density at radius 3 is 2.56 bits per heavy atom.